The molecule has 3 nitrogen and oxygen atoms in total. The molecule has 1 aromatic carbocycles. The standard InChI is InChI=1S/C8H7F2NO2S/c9-8(10,7(12)13)14-6-3-1-2-5(11)4-6/h1-4H,11H2,(H,12,13). The van der Waals surface area contributed by atoms with Crippen molar-refractivity contribution in [1.82, 2.24) is 0 Å². The molecule has 0 heterocycles. The molecular formula is C8H7F2NO2S. The summed E-state index contributed by atoms with van der Waals surface area (Å²) in [7, 11) is 0. The maximum atomic E-state index is 12.7. The molecule has 1 aromatic rings. The molecule has 0 radical (unpaired) electrons. The lowest BCUT2D eigenvalue weighted by Gasteiger charge is -2.10. The molecule has 0 saturated carbocycles. The maximum Gasteiger partial charge on any atom is 0.393 e. The highest BCUT2D eigenvalue weighted by Crippen LogP contribution is 2.36. The number of nitrogens with two attached hydrogens (primary N) is 1. The van der Waals surface area contributed by atoms with Gasteiger partial charge in [-0.2, -0.15) is 8.78 Å². The van der Waals surface area contributed by atoms with Crippen molar-refractivity contribution in [1.29, 1.82) is 0 Å². The quantitative estimate of drug-likeness (QED) is 0.603. The Morgan fingerprint density at radius 3 is 2.64 bits per heavy atom. The Labute approximate surface area is 82.9 Å². The minimum atomic E-state index is -3.83. The summed E-state index contributed by atoms with van der Waals surface area (Å²) in [6.45, 7) is 0. The van der Waals surface area contributed by atoms with Gasteiger partial charge in [-0.15, -0.1) is 0 Å². The van der Waals surface area contributed by atoms with Gasteiger partial charge >= 0.3 is 11.2 Å². The Bertz CT molecular complexity index is 357. The van der Waals surface area contributed by atoms with E-state index >= 15 is 0 Å². The molecular weight excluding hydrogens is 212 g/mol. The first kappa shape index (κ1) is 10.8. The van der Waals surface area contributed by atoms with Gasteiger partial charge in [0, 0.05) is 10.6 Å². The van der Waals surface area contributed by atoms with Crippen LogP contribution in [0.3, 0.4) is 0 Å². The minimum absolute atomic E-state index is 0.0447. The third-order valence-electron chi connectivity index (χ3n) is 1.35. The van der Waals surface area contributed by atoms with Gasteiger partial charge in [0.05, 0.1) is 0 Å². The van der Waals surface area contributed by atoms with Crippen LogP contribution in [0, 0.1) is 0 Å². The lowest BCUT2D eigenvalue weighted by atomic mass is 10.3. The lowest BCUT2D eigenvalue weighted by Crippen LogP contribution is -2.23. The SMILES string of the molecule is Nc1cccc(SC(F)(F)C(=O)O)c1. The van der Waals surface area contributed by atoms with Crippen molar-refractivity contribution in [2.45, 2.75) is 10.2 Å². The number of carboxylic acid groups (broad SMARTS) is 1. The Kier molecular flexibility index (Phi) is 2.95. The van der Waals surface area contributed by atoms with Crippen molar-refractivity contribution >= 4 is 23.4 Å². The van der Waals surface area contributed by atoms with E-state index in [9.17, 15) is 13.6 Å². The van der Waals surface area contributed by atoms with Crippen LogP contribution >= 0.6 is 11.8 Å². The highest BCUT2D eigenvalue weighted by Gasteiger charge is 2.40. The Hall–Kier alpha value is -1.30. The predicted molar refractivity (Wildman–Crippen MR) is 49.3 cm³/mol. The van der Waals surface area contributed by atoms with Gasteiger partial charge < -0.3 is 10.8 Å². The molecule has 14 heavy (non-hydrogen) atoms. The fourth-order valence-electron chi connectivity index (χ4n) is 0.770. The number of hydrogen-bond acceptors (Lipinski definition) is 3. The van der Waals surface area contributed by atoms with E-state index in [-0.39, 0.29) is 16.7 Å². The monoisotopic (exact) mass is 219 g/mol. The summed E-state index contributed by atoms with van der Waals surface area (Å²) < 4.78 is 25.4. The summed E-state index contributed by atoms with van der Waals surface area (Å²) in [5.74, 6) is -2.16. The number of alkyl halides is 2. The van der Waals surface area contributed by atoms with Crippen LogP contribution in [0.25, 0.3) is 0 Å². The normalized spacial score (nSPS) is 11.3. The summed E-state index contributed by atoms with van der Waals surface area (Å²) in [6, 6.07) is 5.68. The van der Waals surface area contributed by atoms with E-state index in [1.54, 1.807) is 0 Å². The third-order valence-corrected chi connectivity index (χ3v) is 2.27. The molecule has 0 amide bonds. The van der Waals surface area contributed by atoms with Crippen molar-refractivity contribution < 1.29 is 18.7 Å². The van der Waals surface area contributed by atoms with Crippen LogP contribution in [0.4, 0.5) is 14.5 Å². The fourth-order valence-corrected chi connectivity index (χ4v) is 1.49. The van der Waals surface area contributed by atoms with Crippen molar-refractivity contribution in [3.05, 3.63) is 24.3 Å². The number of nitrogen functional groups attached to an aromatic ring is 1. The molecule has 0 aromatic heterocycles. The van der Waals surface area contributed by atoms with Crippen molar-refractivity contribution in [3.8, 4) is 0 Å². The zero-order valence-corrected chi connectivity index (χ0v) is 7.72. The summed E-state index contributed by atoms with van der Waals surface area (Å²) in [5, 5.41) is 4.34. The number of halogens is 2. The average Bonchev–Trinajstić information content (AvgIpc) is 2.02. The number of thioether (sulfide) groups is 1. The van der Waals surface area contributed by atoms with Gasteiger partial charge in [-0.05, 0) is 30.0 Å². The second-order valence-corrected chi connectivity index (χ2v) is 3.68. The molecule has 0 unspecified atom stereocenters. The third kappa shape index (κ3) is 2.59. The zero-order chi connectivity index (χ0) is 10.8. The van der Waals surface area contributed by atoms with Gasteiger partial charge in [0.1, 0.15) is 0 Å². The minimum Gasteiger partial charge on any atom is -0.476 e. The molecule has 76 valence electrons. The first-order valence-electron chi connectivity index (χ1n) is 3.57. The van der Waals surface area contributed by atoms with Crippen LogP contribution < -0.4 is 5.73 Å². The average molecular weight is 219 g/mol. The van der Waals surface area contributed by atoms with E-state index in [1.807, 2.05) is 0 Å². The van der Waals surface area contributed by atoms with E-state index in [1.165, 1.54) is 24.3 Å². The summed E-state index contributed by atoms with van der Waals surface area (Å²) in [5.41, 5.74) is 5.66. The number of rotatable bonds is 3. The smallest absolute Gasteiger partial charge is 0.393 e. The van der Waals surface area contributed by atoms with Crippen LogP contribution in [0.1, 0.15) is 0 Å². The lowest BCUT2D eigenvalue weighted by molar-refractivity contribution is -0.152. The second-order valence-electron chi connectivity index (χ2n) is 2.50. The predicted octanol–water partition coefficient (Wildman–Crippen LogP) is 2.04. The summed E-state index contributed by atoms with van der Waals surface area (Å²) >= 11 is -0.0447. The van der Waals surface area contributed by atoms with Gasteiger partial charge in [-0.3, -0.25) is 0 Å². The van der Waals surface area contributed by atoms with Gasteiger partial charge in [-0.1, -0.05) is 6.07 Å². The number of aliphatic carboxylic acids is 1. The Morgan fingerprint density at radius 1 is 1.50 bits per heavy atom. The van der Waals surface area contributed by atoms with Crippen LogP contribution in [0.5, 0.6) is 0 Å². The molecule has 6 heteroatoms. The Morgan fingerprint density at radius 2 is 2.14 bits per heavy atom. The molecule has 1 rings (SSSR count). The molecule has 0 aliphatic rings. The van der Waals surface area contributed by atoms with E-state index in [0.717, 1.165) is 0 Å². The van der Waals surface area contributed by atoms with Crippen LogP contribution in [0.15, 0.2) is 29.2 Å². The second kappa shape index (κ2) is 3.83. The molecule has 0 atom stereocenters. The first-order valence-corrected chi connectivity index (χ1v) is 4.39. The van der Waals surface area contributed by atoms with Crippen molar-refractivity contribution in [3.63, 3.8) is 0 Å². The van der Waals surface area contributed by atoms with E-state index in [4.69, 9.17) is 10.8 Å². The highest BCUT2D eigenvalue weighted by molar-refractivity contribution is 8.01. The molecule has 0 aliphatic heterocycles. The molecule has 0 bridgehead atoms. The van der Waals surface area contributed by atoms with Crippen molar-refractivity contribution in [2.75, 3.05) is 5.73 Å². The number of carbonyl (C=O) groups is 1. The van der Waals surface area contributed by atoms with Gasteiger partial charge in [0.25, 0.3) is 0 Å². The van der Waals surface area contributed by atoms with Gasteiger partial charge in [0.15, 0.2) is 0 Å². The molecule has 3 N–H and O–H groups in total. The topological polar surface area (TPSA) is 63.3 Å². The van der Waals surface area contributed by atoms with E-state index in [0.29, 0.717) is 5.69 Å². The zero-order valence-electron chi connectivity index (χ0n) is 6.91. The van der Waals surface area contributed by atoms with E-state index in [2.05, 4.69) is 0 Å². The maximum absolute atomic E-state index is 12.7. The number of anilines is 1. The van der Waals surface area contributed by atoms with E-state index < -0.39 is 11.2 Å². The first-order chi connectivity index (χ1) is 6.42. The number of hydrogen-bond donors (Lipinski definition) is 2. The Balaban J connectivity index is 2.83. The molecule has 0 saturated heterocycles. The highest BCUT2D eigenvalue weighted by atomic mass is 32.2. The largest absolute Gasteiger partial charge is 0.476 e. The van der Waals surface area contributed by atoms with Crippen molar-refractivity contribution in [2.24, 2.45) is 0 Å². The van der Waals surface area contributed by atoms with Crippen LogP contribution in [-0.4, -0.2) is 16.3 Å². The molecule has 0 spiro atoms. The summed E-state index contributed by atoms with van der Waals surface area (Å²) in [6.07, 6.45) is 0. The van der Waals surface area contributed by atoms with Gasteiger partial charge in [0.2, 0.25) is 0 Å². The summed E-state index contributed by atoms with van der Waals surface area (Å²) in [4.78, 5) is 10.2. The van der Waals surface area contributed by atoms with Crippen LogP contribution in [-0.2, 0) is 4.79 Å². The number of benzene rings is 1. The fraction of sp³-hybridized carbons (Fsp3) is 0.125. The van der Waals surface area contributed by atoms with Gasteiger partial charge in [-0.25, -0.2) is 4.79 Å². The van der Waals surface area contributed by atoms with Crippen LogP contribution in [0.2, 0.25) is 0 Å². The molecule has 0 aliphatic carbocycles. The molecule has 0 fully saturated rings. The number of carboxylic acids is 1.